The fraction of sp³-hybridized carbons (Fsp3) is 0.750. The van der Waals surface area contributed by atoms with Gasteiger partial charge in [0.05, 0.1) is 6.20 Å². The van der Waals surface area contributed by atoms with E-state index in [0.29, 0.717) is 12.4 Å². The van der Waals surface area contributed by atoms with E-state index in [1.807, 2.05) is 14.0 Å². The number of rotatable bonds is 3. The maximum absolute atomic E-state index is 12.7. The summed E-state index contributed by atoms with van der Waals surface area (Å²) in [7, 11) is -1.42. The highest BCUT2D eigenvalue weighted by molar-refractivity contribution is 7.89. The zero-order valence-corrected chi connectivity index (χ0v) is 12.6. The summed E-state index contributed by atoms with van der Waals surface area (Å²) in [5.41, 5.74) is 0. The van der Waals surface area contributed by atoms with E-state index in [9.17, 15) is 8.42 Å². The van der Waals surface area contributed by atoms with Crippen molar-refractivity contribution in [3.8, 4) is 0 Å². The SMILES string of the molecule is CCC1CN(C)CCCN1S(=O)(=O)c1cnc(C)[nH]1. The number of hydrogen-bond acceptors (Lipinski definition) is 4. The lowest BCUT2D eigenvalue weighted by molar-refractivity contribution is 0.270. The molecule has 1 atom stereocenters. The van der Waals surface area contributed by atoms with Gasteiger partial charge in [0.2, 0.25) is 0 Å². The maximum atomic E-state index is 12.7. The molecule has 19 heavy (non-hydrogen) atoms. The van der Waals surface area contributed by atoms with Crippen molar-refractivity contribution in [1.82, 2.24) is 19.2 Å². The molecule has 1 saturated heterocycles. The van der Waals surface area contributed by atoms with Crippen LogP contribution in [0, 0.1) is 6.92 Å². The summed E-state index contributed by atoms with van der Waals surface area (Å²) in [5, 5.41) is 0.202. The Kier molecular flexibility index (Phi) is 4.27. The molecule has 0 aliphatic carbocycles. The fourth-order valence-corrected chi connectivity index (χ4v) is 4.22. The van der Waals surface area contributed by atoms with Gasteiger partial charge in [-0.05, 0) is 33.4 Å². The van der Waals surface area contributed by atoms with Gasteiger partial charge in [0.15, 0.2) is 5.03 Å². The van der Waals surface area contributed by atoms with Gasteiger partial charge in [-0.1, -0.05) is 6.92 Å². The first-order valence-electron chi connectivity index (χ1n) is 6.67. The van der Waals surface area contributed by atoms with Crippen LogP contribution >= 0.6 is 0 Å². The first kappa shape index (κ1) is 14.5. The van der Waals surface area contributed by atoms with Crippen LogP contribution < -0.4 is 0 Å². The Morgan fingerprint density at radius 1 is 1.47 bits per heavy atom. The Hall–Kier alpha value is -0.920. The van der Waals surface area contributed by atoms with Crippen LogP contribution in [-0.2, 0) is 10.0 Å². The molecule has 2 rings (SSSR count). The predicted octanol–water partition coefficient (Wildman–Crippen LogP) is 0.823. The van der Waals surface area contributed by atoms with Crippen LogP contribution in [0.2, 0.25) is 0 Å². The quantitative estimate of drug-likeness (QED) is 0.893. The molecular weight excluding hydrogens is 264 g/mol. The van der Waals surface area contributed by atoms with Gasteiger partial charge in [0.25, 0.3) is 10.0 Å². The Balaban J connectivity index is 2.32. The third-order valence-electron chi connectivity index (χ3n) is 3.59. The van der Waals surface area contributed by atoms with Crippen LogP contribution in [0.5, 0.6) is 0 Å². The molecule has 0 saturated carbocycles. The molecule has 108 valence electrons. The van der Waals surface area contributed by atoms with E-state index in [2.05, 4.69) is 14.9 Å². The highest BCUT2D eigenvalue weighted by Gasteiger charge is 2.33. The van der Waals surface area contributed by atoms with Gasteiger partial charge in [-0.3, -0.25) is 0 Å². The molecule has 0 radical (unpaired) electrons. The summed E-state index contributed by atoms with van der Waals surface area (Å²) in [6.07, 6.45) is 3.09. The summed E-state index contributed by atoms with van der Waals surface area (Å²) in [5.74, 6) is 0.624. The van der Waals surface area contributed by atoms with Crippen molar-refractivity contribution in [1.29, 1.82) is 0 Å². The van der Waals surface area contributed by atoms with E-state index >= 15 is 0 Å². The number of aromatic amines is 1. The van der Waals surface area contributed by atoms with Crippen molar-refractivity contribution in [2.24, 2.45) is 0 Å². The minimum Gasteiger partial charge on any atom is -0.332 e. The molecule has 1 unspecified atom stereocenters. The van der Waals surface area contributed by atoms with E-state index < -0.39 is 10.0 Å². The molecule has 7 heteroatoms. The predicted molar refractivity (Wildman–Crippen MR) is 73.4 cm³/mol. The molecule has 1 N–H and O–H groups in total. The largest absolute Gasteiger partial charge is 0.332 e. The maximum Gasteiger partial charge on any atom is 0.260 e. The van der Waals surface area contributed by atoms with Crippen molar-refractivity contribution in [2.45, 2.75) is 37.8 Å². The third-order valence-corrected chi connectivity index (χ3v) is 5.45. The molecule has 1 aliphatic heterocycles. The summed E-state index contributed by atoms with van der Waals surface area (Å²) in [6.45, 7) is 6.08. The number of nitrogens with one attached hydrogen (secondary N) is 1. The van der Waals surface area contributed by atoms with Crippen molar-refractivity contribution < 1.29 is 8.42 Å². The Morgan fingerprint density at radius 3 is 2.79 bits per heavy atom. The van der Waals surface area contributed by atoms with Crippen LogP contribution in [0.3, 0.4) is 0 Å². The van der Waals surface area contributed by atoms with E-state index in [1.54, 1.807) is 11.2 Å². The molecule has 1 aromatic rings. The van der Waals surface area contributed by atoms with Gasteiger partial charge in [-0.15, -0.1) is 0 Å². The Morgan fingerprint density at radius 2 is 2.21 bits per heavy atom. The molecule has 2 heterocycles. The summed E-state index contributed by atoms with van der Waals surface area (Å²) < 4.78 is 27.0. The molecule has 0 aromatic carbocycles. The van der Waals surface area contributed by atoms with E-state index in [1.165, 1.54) is 6.20 Å². The summed E-state index contributed by atoms with van der Waals surface area (Å²) >= 11 is 0. The minimum absolute atomic E-state index is 0.0288. The first-order valence-corrected chi connectivity index (χ1v) is 8.11. The standard InChI is InChI=1S/C12H22N4O2S/c1-4-11-9-15(3)6-5-7-16(11)19(17,18)12-8-13-10(2)14-12/h8,11H,4-7,9H2,1-3H3,(H,13,14). The number of hydrogen-bond donors (Lipinski definition) is 1. The third kappa shape index (κ3) is 2.98. The molecule has 0 bridgehead atoms. The van der Waals surface area contributed by atoms with Crippen molar-refractivity contribution in [3.05, 3.63) is 12.0 Å². The molecular formula is C12H22N4O2S. The van der Waals surface area contributed by atoms with E-state index in [0.717, 1.165) is 25.9 Å². The number of sulfonamides is 1. The van der Waals surface area contributed by atoms with E-state index in [-0.39, 0.29) is 11.1 Å². The lowest BCUT2D eigenvalue weighted by Gasteiger charge is -2.28. The lowest BCUT2D eigenvalue weighted by atomic mass is 10.2. The second-order valence-electron chi connectivity index (χ2n) is 5.13. The van der Waals surface area contributed by atoms with Gasteiger partial charge in [0.1, 0.15) is 5.82 Å². The number of likely N-dealkylation sites (N-methyl/N-ethyl adjacent to an activating group) is 1. The normalized spacial score (nSPS) is 23.4. The number of aromatic nitrogens is 2. The summed E-state index contributed by atoms with van der Waals surface area (Å²) in [6, 6.07) is 0.0288. The Labute approximate surface area is 114 Å². The molecule has 1 fully saturated rings. The zero-order chi connectivity index (χ0) is 14.0. The van der Waals surface area contributed by atoms with Crippen LogP contribution in [0.1, 0.15) is 25.6 Å². The molecule has 0 amide bonds. The average molecular weight is 286 g/mol. The van der Waals surface area contributed by atoms with Crippen LogP contribution in [-0.4, -0.2) is 60.3 Å². The van der Waals surface area contributed by atoms with Crippen molar-refractivity contribution in [2.75, 3.05) is 26.7 Å². The first-order chi connectivity index (χ1) is 8.95. The second kappa shape index (κ2) is 5.60. The smallest absolute Gasteiger partial charge is 0.260 e. The summed E-state index contributed by atoms with van der Waals surface area (Å²) in [4.78, 5) is 9.03. The minimum atomic E-state index is -3.46. The van der Waals surface area contributed by atoms with Crippen LogP contribution in [0.15, 0.2) is 11.2 Å². The topological polar surface area (TPSA) is 69.3 Å². The fourth-order valence-electron chi connectivity index (χ4n) is 2.53. The van der Waals surface area contributed by atoms with Crippen molar-refractivity contribution in [3.63, 3.8) is 0 Å². The monoisotopic (exact) mass is 286 g/mol. The zero-order valence-electron chi connectivity index (χ0n) is 11.8. The molecule has 6 nitrogen and oxygen atoms in total. The molecule has 1 aromatic heterocycles. The van der Waals surface area contributed by atoms with Gasteiger partial charge in [-0.25, -0.2) is 13.4 Å². The van der Waals surface area contributed by atoms with E-state index in [4.69, 9.17) is 0 Å². The van der Waals surface area contributed by atoms with Gasteiger partial charge in [0, 0.05) is 19.1 Å². The molecule has 0 spiro atoms. The number of aryl methyl sites for hydroxylation is 1. The van der Waals surface area contributed by atoms with Gasteiger partial charge < -0.3 is 9.88 Å². The average Bonchev–Trinajstić information content (AvgIpc) is 2.69. The Bertz CT molecular complexity index is 526. The van der Waals surface area contributed by atoms with Gasteiger partial charge >= 0.3 is 0 Å². The number of nitrogens with zero attached hydrogens (tertiary/aromatic N) is 3. The second-order valence-corrected chi connectivity index (χ2v) is 6.99. The molecule has 1 aliphatic rings. The van der Waals surface area contributed by atoms with Crippen molar-refractivity contribution >= 4 is 10.0 Å². The van der Waals surface area contributed by atoms with Crippen LogP contribution in [0.25, 0.3) is 0 Å². The van der Waals surface area contributed by atoms with Gasteiger partial charge in [-0.2, -0.15) is 4.31 Å². The number of H-pyrrole nitrogens is 1. The van der Waals surface area contributed by atoms with Crippen LogP contribution in [0.4, 0.5) is 0 Å². The highest BCUT2D eigenvalue weighted by atomic mass is 32.2. The lowest BCUT2D eigenvalue weighted by Crippen LogP contribution is -2.43. The highest BCUT2D eigenvalue weighted by Crippen LogP contribution is 2.21. The number of imidazole rings is 1.